The van der Waals surface area contributed by atoms with Crippen molar-refractivity contribution in [1.82, 2.24) is 19.4 Å². The van der Waals surface area contributed by atoms with E-state index in [0.717, 1.165) is 55.9 Å². The SMILES string of the molecule is C[SiH2]C(C1CCO1)n1c(CN2CCC(c3cccc4c3OC(c3ccc(Cl)cc3F)C=C4Cl)CC2)nc2ccc(C(=O)O)nc21. The highest BCUT2D eigenvalue weighted by Gasteiger charge is 2.34. The molecule has 0 radical (unpaired) electrons. The molecule has 7 rings (SSSR count). The van der Waals surface area contributed by atoms with Crippen LogP contribution in [0.3, 0.4) is 0 Å². The molecule has 0 spiro atoms. The number of fused-ring (bicyclic) bond motifs is 2. The Balaban J connectivity index is 1.12. The predicted octanol–water partition coefficient (Wildman–Crippen LogP) is 6.52. The van der Waals surface area contributed by atoms with Crippen LogP contribution in [0.5, 0.6) is 5.75 Å². The first-order chi connectivity index (χ1) is 21.8. The fourth-order valence-corrected chi connectivity index (χ4v) is 8.90. The van der Waals surface area contributed by atoms with Gasteiger partial charge < -0.3 is 19.1 Å². The quantitative estimate of drug-likeness (QED) is 0.214. The lowest BCUT2D eigenvalue weighted by molar-refractivity contribution is -0.0639. The monoisotopic (exact) mass is 666 g/mol. The van der Waals surface area contributed by atoms with Crippen LogP contribution in [-0.2, 0) is 11.3 Å². The van der Waals surface area contributed by atoms with Gasteiger partial charge in [0.15, 0.2) is 11.3 Å². The van der Waals surface area contributed by atoms with E-state index in [1.807, 2.05) is 12.1 Å². The maximum atomic E-state index is 14.8. The molecule has 5 heterocycles. The second kappa shape index (κ2) is 12.5. The largest absolute Gasteiger partial charge is 0.480 e. The van der Waals surface area contributed by atoms with Crippen LogP contribution in [0.4, 0.5) is 4.39 Å². The minimum atomic E-state index is -1.05. The summed E-state index contributed by atoms with van der Waals surface area (Å²) in [7, 11) is -0.579. The fourth-order valence-electron chi connectivity index (χ4n) is 6.84. The number of aromatic carboxylic acids is 1. The first kappa shape index (κ1) is 30.4. The molecule has 0 amide bonds. The molecule has 4 aromatic rings. The summed E-state index contributed by atoms with van der Waals surface area (Å²) in [5.41, 5.74) is 3.80. The van der Waals surface area contributed by atoms with E-state index in [9.17, 15) is 14.3 Å². The number of aromatic nitrogens is 3. The number of nitrogens with zero attached hydrogens (tertiary/aromatic N) is 4. The summed E-state index contributed by atoms with van der Waals surface area (Å²) >= 11 is 12.7. The average Bonchev–Trinajstić information content (AvgIpc) is 3.35. The molecule has 234 valence electrons. The van der Waals surface area contributed by atoms with Gasteiger partial charge >= 0.3 is 5.97 Å². The first-order valence-electron chi connectivity index (χ1n) is 15.4. The summed E-state index contributed by atoms with van der Waals surface area (Å²) in [6.07, 6.45) is 4.00. The van der Waals surface area contributed by atoms with Crippen molar-refractivity contribution in [3.05, 3.63) is 93.7 Å². The number of ether oxygens (including phenoxy) is 2. The van der Waals surface area contributed by atoms with Gasteiger partial charge in [-0.05, 0) is 80.2 Å². The third-order valence-corrected chi connectivity index (χ3v) is 11.5. The van der Waals surface area contributed by atoms with E-state index in [1.54, 1.807) is 24.3 Å². The van der Waals surface area contributed by atoms with Crippen LogP contribution in [-0.4, -0.2) is 65.8 Å². The molecule has 2 fully saturated rings. The number of pyridine rings is 1. The second-order valence-electron chi connectivity index (χ2n) is 11.9. The molecule has 2 aromatic heterocycles. The van der Waals surface area contributed by atoms with Gasteiger partial charge in [0.05, 0.1) is 17.7 Å². The van der Waals surface area contributed by atoms with Crippen LogP contribution < -0.4 is 4.74 Å². The third kappa shape index (κ3) is 5.78. The molecule has 1 N–H and O–H groups in total. The van der Waals surface area contributed by atoms with Crippen molar-refractivity contribution in [1.29, 1.82) is 0 Å². The first-order valence-corrected chi connectivity index (χ1v) is 18.4. The third-order valence-electron chi connectivity index (χ3n) is 9.25. The number of carboxylic acids is 1. The van der Waals surface area contributed by atoms with Crippen LogP contribution in [0.2, 0.25) is 11.6 Å². The summed E-state index contributed by atoms with van der Waals surface area (Å²) in [6.45, 7) is 5.34. The maximum absolute atomic E-state index is 14.8. The molecule has 3 unspecified atom stereocenters. The van der Waals surface area contributed by atoms with Crippen molar-refractivity contribution >= 4 is 54.9 Å². The highest BCUT2D eigenvalue weighted by Crippen LogP contribution is 2.46. The number of likely N-dealkylation sites (tertiary alicyclic amines) is 1. The van der Waals surface area contributed by atoms with Crippen molar-refractivity contribution in [3.8, 4) is 5.75 Å². The second-order valence-corrected chi connectivity index (χ2v) is 14.4. The molecule has 0 saturated carbocycles. The molecule has 0 bridgehead atoms. The molecular weight excluding hydrogens is 634 g/mol. The molecule has 0 aliphatic carbocycles. The number of para-hydroxylation sites is 1. The van der Waals surface area contributed by atoms with Crippen molar-refractivity contribution in [2.24, 2.45) is 0 Å². The minimum absolute atomic E-state index is 0.0199. The van der Waals surface area contributed by atoms with Gasteiger partial charge in [0.2, 0.25) is 0 Å². The van der Waals surface area contributed by atoms with Crippen LogP contribution in [0.1, 0.15) is 70.0 Å². The lowest BCUT2D eigenvalue weighted by Crippen LogP contribution is -2.40. The molecule has 3 aliphatic heterocycles. The van der Waals surface area contributed by atoms with Gasteiger partial charge in [0.1, 0.15) is 29.0 Å². The zero-order valence-electron chi connectivity index (χ0n) is 24.8. The highest BCUT2D eigenvalue weighted by atomic mass is 35.5. The van der Waals surface area contributed by atoms with Crippen molar-refractivity contribution in [3.63, 3.8) is 0 Å². The van der Waals surface area contributed by atoms with E-state index in [2.05, 4.69) is 27.1 Å². The normalized spacial score (nSPS) is 21.4. The van der Waals surface area contributed by atoms with Gasteiger partial charge in [-0.2, -0.15) is 0 Å². The van der Waals surface area contributed by atoms with Gasteiger partial charge in [0.25, 0.3) is 0 Å². The van der Waals surface area contributed by atoms with Crippen molar-refractivity contribution < 1.29 is 23.8 Å². The zero-order chi connectivity index (χ0) is 31.2. The van der Waals surface area contributed by atoms with Crippen molar-refractivity contribution in [2.45, 2.75) is 56.1 Å². The fraction of sp³-hybridized carbons (Fsp3) is 0.364. The predicted molar refractivity (Wildman–Crippen MR) is 175 cm³/mol. The van der Waals surface area contributed by atoms with Gasteiger partial charge in [-0.3, -0.25) is 4.90 Å². The molecule has 3 atom stereocenters. The van der Waals surface area contributed by atoms with E-state index in [1.165, 1.54) is 12.1 Å². The number of hydrogen-bond donors (Lipinski definition) is 1. The van der Waals surface area contributed by atoms with E-state index in [0.29, 0.717) is 39.1 Å². The van der Waals surface area contributed by atoms with E-state index < -0.39 is 27.4 Å². The Morgan fingerprint density at radius 3 is 2.60 bits per heavy atom. The Morgan fingerprint density at radius 2 is 1.91 bits per heavy atom. The summed E-state index contributed by atoms with van der Waals surface area (Å²) in [5.74, 6) is 0.374. The van der Waals surface area contributed by atoms with E-state index in [-0.39, 0.29) is 23.4 Å². The molecule has 2 aromatic carbocycles. The lowest BCUT2D eigenvalue weighted by atomic mass is 9.87. The van der Waals surface area contributed by atoms with Crippen LogP contribution in [0.15, 0.2) is 54.6 Å². The topological polar surface area (TPSA) is 89.7 Å². The van der Waals surface area contributed by atoms with Gasteiger partial charge in [0, 0.05) is 37.9 Å². The zero-order valence-corrected chi connectivity index (χ0v) is 27.7. The summed E-state index contributed by atoms with van der Waals surface area (Å²) in [6, 6.07) is 13.9. The Hall–Kier alpha value is -3.28. The Kier molecular flexibility index (Phi) is 8.43. The van der Waals surface area contributed by atoms with Gasteiger partial charge in [-0.1, -0.05) is 47.9 Å². The standard InChI is InChI=1S/C33H33Cl2FN4O4Si/c1-45-32(27-11-14-43-27)40-29(37-25-7-8-26(33(41)42)38-31(25)40)17-39-12-9-18(10-13-39)20-3-2-4-21-23(35)16-28(44-30(20)21)22-6-5-19(34)15-24(22)36/h2-8,15-16,18,27-28,32H,9-14,17,45H2,1H3,(H,41,42). The van der Waals surface area contributed by atoms with Gasteiger partial charge in [-0.25, -0.2) is 19.2 Å². The lowest BCUT2D eigenvalue weighted by Gasteiger charge is -2.37. The summed E-state index contributed by atoms with van der Waals surface area (Å²) in [4.78, 5) is 23.6. The number of halogens is 3. The van der Waals surface area contributed by atoms with Gasteiger partial charge in [-0.15, -0.1) is 0 Å². The average molecular weight is 668 g/mol. The molecule has 8 nitrogen and oxygen atoms in total. The summed E-state index contributed by atoms with van der Waals surface area (Å²) < 4.78 is 29.4. The smallest absolute Gasteiger partial charge is 0.354 e. The van der Waals surface area contributed by atoms with Crippen LogP contribution in [0.25, 0.3) is 16.2 Å². The number of carboxylic acid groups (broad SMARTS) is 1. The highest BCUT2D eigenvalue weighted by molar-refractivity contribution is 6.49. The Morgan fingerprint density at radius 1 is 1.11 bits per heavy atom. The molecular formula is C33H33Cl2FN4O4Si. The molecule has 12 heteroatoms. The molecule has 45 heavy (non-hydrogen) atoms. The molecule has 3 aliphatic rings. The summed E-state index contributed by atoms with van der Waals surface area (Å²) in [5, 5.41) is 10.5. The Labute approximate surface area is 272 Å². The van der Waals surface area contributed by atoms with E-state index >= 15 is 0 Å². The number of rotatable bonds is 8. The number of benzene rings is 2. The number of piperidine rings is 1. The maximum Gasteiger partial charge on any atom is 0.354 e. The van der Waals surface area contributed by atoms with Crippen LogP contribution in [0, 0.1) is 5.82 Å². The van der Waals surface area contributed by atoms with E-state index in [4.69, 9.17) is 37.7 Å². The molecule has 2 saturated heterocycles. The van der Waals surface area contributed by atoms with Crippen molar-refractivity contribution in [2.75, 3.05) is 19.7 Å². The number of imidazole rings is 1. The minimum Gasteiger partial charge on any atom is -0.480 e. The number of hydrogen-bond acceptors (Lipinski definition) is 6. The Bertz CT molecular complexity index is 1810. The van der Waals surface area contributed by atoms with Crippen LogP contribution >= 0.6 is 23.2 Å². The number of carbonyl (C=O) groups is 1.